The van der Waals surface area contributed by atoms with Crippen molar-refractivity contribution in [1.82, 2.24) is 0 Å². The maximum absolute atomic E-state index is 16.0. The van der Waals surface area contributed by atoms with E-state index >= 15 is 9.59 Å². The monoisotopic (exact) mass is 1060 g/mol. The molecule has 0 aliphatic carbocycles. The molecular formula is C72H60N2O7. The number of carbonyl (C=O) groups excluding carboxylic acids is 3. The summed E-state index contributed by atoms with van der Waals surface area (Å²) in [6, 6.07) is 52.5. The van der Waals surface area contributed by atoms with E-state index in [1.165, 1.54) is 11.0 Å². The van der Waals surface area contributed by atoms with Crippen molar-refractivity contribution in [2.45, 2.75) is 85.6 Å². The second-order valence-electron chi connectivity index (χ2n) is 22.7. The van der Waals surface area contributed by atoms with Gasteiger partial charge in [-0.3, -0.25) is 14.4 Å². The van der Waals surface area contributed by atoms with Crippen molar-refractivity contribution < 1.29 is 33.1 Å². The Morgan fingerprint density at radius 1 is 0.481 bits per heavy atom. The number of phenolic OH excluding ortho intramolecular Hbond substituents is 1. The highest BCUT2D eigenvalue weighted by Gasteiger charge is 2.40. The minimum absolute atomic E-state index is 0.0484. The second-order valence-corrected chi connectivity index (χ2v) is 22.7. The number of hydrogen-bond acceptors (Lipinski definition) is 8. The van der Waals surface area contributed by atoms with E-state index in [1.807, 2.05) is 127 Å². The summed E-state index contributed by atoms with van der Waals surface area (Å²) in [4.78, 5) is 47.3. The molecule has 0 spiro atoms. The van der Waals surface area contributed by atoms with E-state index in [-0.39, 0.29) is 58.4 Å². The molecule has 11 aromatic carbocycles. The van der Waals surface area contributed by atoms with E-state index in [9.17, 15) is 9.90 Å². The van der Waals surface area contributed by atoms with Crippen LogP contribution in [0.25, 0.3) is 87.3 Å². The Morgan fingerprint density at radius 2 is 1.00 bits per heavy atom. The van der Waals surface area contributed by atoms with Gasteiger partial charge in [-0.1, -0.05) is 177 Å². The van der Waals surface area contributed by atoms with Gasteiger partial charge in [0.2, 0.25) is 0 Å². The fraction of sp³-hybridized carbons (Fsp3) is 0.181. The highest BCUT2D eigenvalue weighted by molar-refractivity contribution is 6.47. The van der Waals surface area contributed by atoms with E-state index in [0.717, 1.165) is 61.7 Å². The average Bonchev–Trinajstić information content (AvgIpc) is 2.55. The summed E-state index contributed by atoms with van der Waals surface area (Å²) in [6.45, 7) is 17.2. The molecule has 9 nitrogen and oxygen atoms in total. The van der Waals surface area contributed by atoms with Crippen LogP contribution in [0.3, 0.4) is 0 Å². The number of nitrogens with one attached hydrogen (secondary N) is 1. The number of carbonyl (C=O) groups is 3. The molecule has 0 radical (unpaired) electrons. The van der Waals surface area contributed by atoms with Crippen LogP contribution < -0.4 is 15.0 Å². The standard InChI is InChI=1S/C72H60N2O7/c1-38(2)45-25-18-26-46(39(3)4)69(45)73-36-43-32-58-65-66-60(81-57-31-17-14-24-51(57)50-23-13-16-30-56(50)80-58)35-53-62-52(71(77)74(72(53)78)70-47(40(5)6)27-19-28-48(70)41(7)8)34-54(76)63(68(62)66)64-59(33-44(37-75)61(43)67(64)65)79-55-29-15-12-22-49(55)42-20-10-9-11-21-42/h9-35,37-41,73,76H,36H2,1-8H3. The summed E-state index contributed by atoms with van der Waals surface area (Å²) < 4.78 is 22.0. The molecule has 81 heavy (non-hydrogen) atoms. The summed E-state index contributed by atoms with van der Waals surface area (Å²) in [6.07, 6.45) is 0.860. The Hall–Kier alpha value is -9.47. The Balaban J connectivity index is 1.25. The lowest BCUT2D eigenvalue weighted by molar-refractivity contribution is 0.0892. The summed E-state index contributed by atoms with van der Waals surface area (Å²) >= 11 is 0. The van der Waals surface area contributed by atoms with Gasteiger partial charge in [0, 0.05) is 71.8 Å². The van der Waals surface area contributed by atoms with Crippen molar-refractivity contribution in [2.75, 3.05) is 10.2 Å². The topological polar surface area (TPSA) is 122 Å². The van der Waals surface area contributed by atoms with Crippen LogP contribution in [-0.4, -0.2) is 23.2 Å². The molecule has 2 amide bonds. The molecule has 1 aromatic heterocycles. The van der Waals surface area contributed by atoms with Crippen molar-refractivity contribution in [3.8, 4) is 28.4 Å². The molecule has 0 fully saturated rings. The van der Waals surface area contributed by atoms with Gasteiger partial charge in [-0.25, -0.2) is 4.90 Å². The molecule has 0 atom stereocenters. The Morgan fingerprint density at radius 3 is 1.59 bits per heavy atom. The average molecular weight is 1070 g/mol. The third-order valence-corrected chi connectivity index (χ3v) is 16.4. The van der Waals surface area contributed by atoms with Crippen LogP contribution in [0.1, 0.15) is 138 Å². The smallest absolute Gasteiger partial charge is 0.266 e. The number of aldehydes is 1. The van der Waals surface area contributed by atoms with Crippen molar-refractivity contribution >= 4 is 106 Å². The highest BCUT2D eigenvalue weighted by atomic mass is 16.5. The maximum atomic E-state index is 16.0. The van der Waals surface area contributed by atoms with E-state index in [4.69, 9.17) is 13.6 Å². The minimum atomic E-state index is -0.565. The van der Waals surface area contributed by atoms with Crippen LogP contribution in [0.15, 0.2) is 173 Å². The normalized spacial score (nSPS) is 12.8. The molecule has 9 heteroatoms. The third-order valence-electron chi connectivity index (χ3n) is 16.4. The first-order chi connectivity index (χ1) is 39.2. The lowest BCUT2D eigenvalue weighted by Gasteiger charge is -2.33. The van der Waals surface area contributed by atoms with E-state index in [0.29, 0.717) is 76.8 Å². The number of rotatable bonds is 12. The maximum Gasteiger partial charge on any atom is 0.266 e. The number of hydrogen-bond donors (Lipinski definition) is 2. The van der Waals surface area contributed by atoms with Gasteiger partial charge >= 0.3 is 0 Å². The lowest BCUT2D eigenvalue weighted by atomic mass is 9.81. The van der Waals surface area contributed by atoms with Crippen molar-refractivity contribution in [3.63, 3.8) is 0 Å². The number of para-hydroxylation sites is 5. The van der Waals surface area contributed by atoms with Gasteiger partial charge in [0.05, 0.1) is 16.8 Å². The predicted molar refractivity (Wildman–Crippen MR) is 329 cm³/mol. The third kappa shape index (κ3) is 8.08. The zero-order valence-corrected chi connectivity index (χ0v) is 46.5. The quantitative estimate of drug-likeness (QED) is 0.0537. The zero-order valence-electron chi connectivity index (χ0n) is 46.5. The van der Waals surface area contributed by atoms with E-state index in [1.54, 1.807) is 12.1 Å². The minimum Gasteiger partial charge on any atom is -0.507 e. The van der Waals surface area contributed by atoms with Crippen LogP contribution >= 0.6 is 0 Å². The summed E-state index contributed by atoms with van der Waals surface area (Å²) in [5.41, 5.74) is 10.5. The fourth-order valence-corrected chi connectivity index (χ4v) is 12.7. The number of benzene rings is 11. The second kappa shape index (κ2) is 19.7. The van der Waals surface area contributed by atoms with Gasteiger partial charge in [0.1, 0.15) is 39.6 Å². The highest BCUT2D eigenvalue weighted by Crippen LogP contribution is 2.55. The SMILES string of the molecule is CC(C)c1cccc(C(C)C)c1NCc1cc2oc3ccccc3c3ccccc3oc3cc4c5c(cc(O)c6c7c(Oc8ccccc8-c8ccccc8)cc(C=O)c1c7c2c3c56)C(=O)N(c1c(C(C)C)cccc1C(C)C)C4=O. The lowest BCUT2D eigenvalue weighted by Crippen LogP contribution is -2.41. The van der Waals surface area contributed by atoms with Gasteiger partial charge in [-0.2, -0.15) is 0 Å². The fourth-order valence-electron chi connectivity index (χ4n) is 12.7. The molecule has 13 rings (SSSR count). The summed E-state index contributed by atoms with van der Waals surface area (Å²) in [7, 11) is 0. The van der Waals surface area contributed by atoms with Crippen molar-refractivity contribution in [2.24, 2.45) is 0 Å². The number of fused-ring (bicyclic) bond motifs is 4. The van der Waals surface area contributed by atoms with Crippen LogP contribution in [0, 0.1) is 0 Å². The molecule has 0 saturated heterocycles. The van der Waals surface area contributed by atoms with Crippen LogP contribution in [0.2, 0.25) is 0 Å². The number of imide groups is 1. The van der Waals surface area contributed by atoms with Crippen LogP contribution in [0.4, 0.5) is 11.4 Å². The molecule has 1 aliphatic heterocycles. The number of anilines is 2. The Bertz CT molecular complexity index is 4600. The predicted octanol–water partition coefficient (Wildman–Crippen LogP) is 19.4. The number of aromatic hydroxyl groups is 1. The summed E-state index contributed by atoms with van der Waals surface area (Å²) in [5, 5.41) is 22.3. The molecule has 0 unspecified atom stereocenters. The molecule has 12 aromatic rings. The number of nitrogens with zero attached hydrogens (tertiary/aromatic N) is 1. The van der Waals surface area contributed by atoms with Crippen LogP contribution in [0.5, 0.6) is 17.2 Å². The molecule has 2 N–H and O–H groups in total. The van der Waals surface area contributed by atoms with Crippen molar-refractivity contribution in [3.05, 3.63) is 208 Å². The van der Waals surface area contributed by atoms with Gasteiger partial charge < -0.3 is 24.0 Å². The van der Waals surface area contributed by atoms with E-state index in [2.05, 4.69) is 78.9 Å². The Kier molecular flexibility index (Phi) is 12.4. The summed E-state index contributed by atoms with van der Waals surface area (Å²) in [5.74, 6) is -0.253. The Labute approximate surface area is 469 Å². The number of amides is 2. The van der Waals surface area contributed by atoms with Crippen LogP contribution in [-0.2, 0) is 6.54 Å². The first kappa shape index (κ1) is 51.0. The molecule has 2 heterocycles. The number of phenols is 1. The van der Waals surface area contributed by atoms with Crippen molar-refractivity contribution in [1.29, 1.82) is 0 Å². The first-order valence-electron chi connectivity index (χ1n) is 28.0. The van der Waals surface area contributed by atoms with Gasteiger partial charge in [0.15, 0.2) is 6.29 Å². The van der Waals surface area contributed by atoms with Gasteiger partial charge in [-0.05, 0) is 105 Å². The molecule has 0 bridgehead atoms. The zero-order chi connectivity index (χ0) is 56.1. The van der Waals surface area contributed by atoms with Gasteiger partial charge in [0.25, 0.3) is 11.8 Å². The number of ether oxygens (including phenoxy) is 1. The molecule has 0 saturated carbocycles. The molecule has 400 valence electrons. The molecule has 1 aliphatic rings. The van der Waals surface area contributed by atoms with E-state index < -0.39 is 11.8 Å². The largest absolute Gasteiger partial charge is 0.507 e. The first-order valence-corrected chi connectivity index (χ1v) is 28.0. The van der Waals surface area contributed by atoms with Gasteiger partial charge in [-0.15, -0.1) is 0 Å². The molecular weight excluding hydrogens is 1000 g/mol.